The molecule has 0 aliphatic rings. The fraction of sp³-hybridized carbons (Fsp3) is 0.333. The average Bonchev–Trinajstić information content (AvgIpc) is 2.03. The van der Waals surface area contributed by atoms with Crippen LogP contribution in [0.3, 0.4) is 0 Å². The molecule has 0 N–H and O–H groups in total. The Morgan fingerprint density at radius 2 is 1.64 bits per heavy atom. The zero-order valence-electron chi connectivity index (χ0n) is 8.52. The van der Waals surface area contributed by atoms with E-state index in [9.17, 15) is 13.0 Å². The molecule has 0 radical (unpaired) electrons. The molecule has 1 aromatic rings. The van der Waals surface area contributed by atoms with Crippen molar-refractivity contribution in [2.24, 2.45) is 0 Å². The quantitative estimate of drug-likeness (QED) is 0.457. The largest absolute Gasteiger partial charge is 1.00 e. The molecule has 1 atom stereocenters. The van der Waals surface area contributed by atoms with Crippen LogP contribution >= 0.6 is 0 Å². The van der Waals surface area contributed by atoms with Gasteiger partial charge < -0.3 is 4.55 Å². The summed E-state index contributed by atoms with van der Waals surface area (Å²) in [6.07, 6.45) is 0. The Hall–Kier alpha value is 0.130. The van der Waals surface area contributed by atoms with E-state index in [0.29, 0.717) is 5.56 Å². The molecule has 0 aliphatic heterocycles. The Morgan fingerprint density at radius 3 is 2.00 bits per heavy atom. The van der Waals surface area contributed by atoms with E-state index in [-0.39, 0.29) is 29.6 Å². The molecular formula is C9H11NaO3S. The van der Waals surface area contributed by atoms with Crippen molar-refractivity contribution in [3.63, 3.8) is 0 Å². The Balaban J connectivity index is 0.00000169. The molecule has 1 aromatic carbocycles. The van der Waals surface area contributed by atoms with Gasteiger partial charge in [-0.2, -0.15) is 0 Å². The van der Waals surface area contributed by atoms with E-state index < -0.39 is 15.4 Å². The van der Waals surface area contributed by atoms with Gasteiger partial charge >= 0.3 is 29.6 Å². The molecule has 72 valence electrons. The average molecular weight is 222 g/mol. The minimum absolute atomic E-state index is 0. The summed E-state index contributed by atoms with van der Waals surface area (Å²) in [6, 6.07) is 6.90. The molecule has 1 unspecified atom stereocenters. The van der Waals surface area contributed by atoms with Gasteiger partial charge in [-0.25, -0.2) is 8.42 Å². The van der Waals surface area contributed by atoms with Crippen LogP contribution in [0, 0.1) is 6.92 Å². The summed E-state index contributed by atoms with van der Waals surface area (Å²) in [7, 11) is -4.22. The van der Waals surface area contributed by atoms with Crippen LogP contribution in [-0.4, -0.2) is 13.0 Å². The number of hydrogen-bond donors (Lipinski definition) is 0. The topological polar surface area (TPSA) is 57.2 Å². The van der Waals surface area contributed by atoms with Crippen LogP contribution in [0.2, 0.25) is 0 Å². The standard InChI is InChI=1S/C9H12O3S.Na/c1-7-3-5-9(6-4-7)8(2)13(10,11)12;/h3-6,8H,1-2H3,(H,10,11,12);/q;+1/p-1. The first kappa shape index (κ1) is 14.1. The number of rotatable bonds is 2. The van der Waals surface area contributed by atoms with Gasteiger partial charge in [0, 0.05) is 0 Å². The Kier molecular flexibility index (Phi) is 5.33. The maximum absolute atomic E-state index is 10.7. The third kappa shape index (κ3) is 3.71. The molecule has 5 heteroatoms. The molecule has 0 fully saturated rings. The van der Waals surface area contributed by atoms with Crippen LogP contribution in [0.5, 0.6) is 0 Å². The number of aryl methyl sites for hydroxylation is 1. The Morgan fingerprint density at radius 1 is 1.21 bits per heavy atom. The van der Waals surface area contributed by atoms with Crippen molar-refractivity contribution in [1.82, 2.24) is 0 Å². The third-order valence-electron chi connectivity index (χ3n) is 1.98. The van der Waals surface area contributed by atoms with Crippen molar-refractivity contribution in [3.05, 3.63) is 35.4 Å². The van der Waals surface area contributed by atoms with Crippen molar-refractivity contribution in [3.8, 4) is 0 Å². The van der Waals surface area contributed by atoms with Crippen LogP contribution in [0.4, 0.5) is 0 Å². The second kappa shape index (κ2) is 5.28. The summed E-state index contributed by atoms with van der Waals surface area (Å²) in [6.45, 7) is 3.30. The van der Waals surface area contributed by atoms with Gasteiger partial charge in [-0.3, -0.25) is 0 Å². The fourth-order valence-electron chi connectivity index (χ4n) is 1.00. The summed E-state index contributed by atoms with van der Waals surface area (Å²) in [4.78, 5) is 0. The third-order valence-corrected chi connectivity index (χ3v) is 3.12. The molecule has 3 nitrogen and oxygen atoms in total. The van der Waals surface area contributed by atoms with Crippen LogP contribution < -0.4 is 29.6 Å². The van der Waals surface area contributed by atoms with Crippen LogP contribution in [-0.2, 0) is 10.1 Å². The van der Waals surface area contributed by atoms with E-state index in [1.54, 1.807) is 24.3 Å². The van der Waals surface area contributed by atoms with Gasteiger partial charge in [0.05, 0.1) is 5.25 Å². The van der Waals surface area contributed by atoms with Gasteiger partial charge in [-0.05, 0) is 19.4 Å². The van der Waals surface area contributed by atoms with Crippen molar-refractivity contribution in [1.29, 1.82) is 0 Å². The Labute approximate surface area is 107 Å². The van der Waals surface area contributed by atoms with Gasteiger partial charge in [-0.15, -0.1) is 0 Å². The second-order valence-electron chi connectivity index (χ2n) is 3.05. The number of hydrogen-bond acceptors (Lipinski definition) is 3. The van der Waals surface area contributed by atoms with Crippen LogP contribution in [0.1, 0.15) is 23.3 Å². The van der Waals surface area contributed by atoms with Crippen LogP contribution in [0.25, 0.3) is 0 Å². The summed E-state index contributed by atoms with van der Waals surface area (Å²) in [5.74, 6) is 0. The summed E-state index contributed by atoms with van der Waals surface area (Å²) in [5.41, 5.74) is 1.58. The first-order valence-corrected chi connectivity index (χ1v) is 5.39. The minimum Gasteiger partial charge on any atom is -0.747 e. The Bertz CT molecular complexity index is 383. The van der Waals surface area contributed by atoms with E-state index in [4.69, 9.17) is 0 Å². The fourth-order valence-corrected chi connectivity index (χ4v) is 1.49. The first-order chi connectivity index (χ1) is 5.91. The molecular weight excluding hydrogens is 211 g/mol. The molecule has 0 heterocycles. The van der Waals surface area contributed by atoms with Crippen molar-refractivity contribution in [2.45, 2.75) is 19.1 Å². The van der Waals surface area contributed by atoms with Gasteiger partial charge in [0.2, 0.25) is 0 Å². The van der Waals surface area contributed by atoms with E-state index in [2.05, 4.69) is 0 Å². The smallest absolute Gasteiger partial charge is 0.747 e. The van der Waals surface area contributed by atoms with Gasteiger partial charge in [-0.1, -0.05) is 29.8 Å². The van der Waals surface area contributed by atoms with Crippen molar-refractivity contribution in [2.75, 3.05) is 0 Å². The van der Waals surface area contributed by atoms with Crippen molar-refractivity contribution < 1.29 is 42.5 Å². The zero-order chi connectivity index (χ0) is 10.1. The van der Waals surface area contributed by atoms with Gasteiger partial charge in [0.15, 0.2) is 0 Å². The predicted molar refractivity (Wildman–Crippen MR) is 49.3 cm³/mol. The predicted octanol–water partition coefficient (Wildman–Crippen LogP) is -1.39. The van der Waals surface area contributed by atoms with E-state index in [1.807, 2.05) is 6.92 Å². The normalized spacial score (nSPS) is 13.1. The first-order valence-electron chi connectivity index (χ1n) is 3.92. The van der Waals surface area contributed by atoms with E-state index in [1.165, 1.54) is 6.92 Å². The maximum atomic E-state index is 10.7. The summed E-state index contributed by atoms with van der Waals surface area (Å²) >= 11 is 0. The molecule has 14 heavy (non-hydrogen) atoms. The molecule has 0 spiro atoms. The minimum atomic E-state index is -4.22. The zero-order valence-corrected chi connectivity index (χ0v) is 11.3. The molecule has 0 saturated heterocycles. The summed E-state index contributed by atoms with van der Waals surface area (Å²) < 4.78 is 32.0. The van der Waals surface area contributed by atoms with Gasteiger partial charge in [0.25, 0.3) is 0 Å². The molecule has 0 bridgehead atoms. The monoisotopic (exact) mass is 222 g/mol. The molecule has 0 amide bonds. The molecule has 0 aromatic heterocycles. The van der Waals surface area contributed by atoms with E-state index >= 15 is 0 Å². The second-order valence-corrected chi connectivity index (χ2v) is 4.74. The molecule has 0 saturated carbocycles. The molecule has 0 aliphatic carbocycles. The maximum Gasteiger partial charge on any atom is 1.00 e. The van der Waals surface area contributed by atoms with E-state index in [0.717, 1.165) is 5.56 Å². The van der Waals surface area contributed by atoms with Gasteiger partial charge in [0.1, 0.15) is 10.1 Å². The van der Waals surface area contributed by atoms with Crippen molar-refractivity contribution >= 4 is 10.1 Å². The van der Waals surface area contributed by atoms with Crippen LogP contribution in [0.15, 0.2) is 24.3 Å². The number of benzene rings is 1. The summed E-state index contributed by atoms with van der Waals surface area (Å²) in [5, 5.41) is -0.965. The SMILES string of the molecule is Cc1ccc(C(C)S(=O)(=O)[O-])cc1.[Na+]. The molecule has 1 rings (SSSR count).